The van der Waals surface area contributed by atoms with Crippen molar-refractivity contribution in [1.82, 2.24) is 20.0 Å². The largest absolute Gasteiger partial charge is 0.322 e. The number of amides is 3. The van der Waals surface area contributed by atoms with Gasteiger partial charge in [-0.1, -0.05) is 0 Å². The summed E-state index contributed by atoms with van der Waals surface area (Å²) in [4.78, 5) is 28.3. The number of benzene rings is 1. The number of rotatable bonds is 3. The zero-order valence-corrected chi connectivity index (χ0v) is 16.5. The van der Waals surface area contributed by atoms with Crippen molar-refractivity contribution < 1.29 is 22.8 Å². The van der Waals surface area contributed by atoms with Crippen LogP contribution < -0.4 is 15.5 Å². The monoisotopic (exact) mass is 422 g/mol. The highest BCUT2D eigenvalue weighted by molar-refractivity contribution is 5.97. The van der Waals surface area contributed by atoms with E-state index < -0.39 is 23.5 Å². The summed E-state index contributed by atoms with van der Waals surface area (Å²) in [6.07, 6.45) is 1.99. The Hall–Kier alpha value is -3.08. The normalized spacial score (nSPS) is 21.2. The van der Waals surface area contributed by atoms with Gasteiger partial charge in [0, 0.05) is 36.8 Å². The number of anilines is 2. The number of carbonyl (C=O) groups excluding carboxylic acids is 2. The van der Waals surface area contributed by atoms with Crippen LogP contribution in [0.4, 0.5) is 29.3 Å². The van der Waals surface area contributed by atoms with Crippen LogP contribution in [0.1, 0.15) is 19.0 Å². The molecule has 1 saturated heterocycles. The van der Waals surface area contributed by atoms with Gasteiger partial charge in [0.05, 0.1) is 36.7 Å². The first-order valence-electron chi connectivity index (χ1n) is 9.53. The van der Waals surface area contributed by atoms with E-state index in [0.29, 0.717) is 30.9 Å². The van der Waals surface area contributed by atoms with Crippen molar-refractivity contribution in [2.75, 3.05) is 23.8 Å². The molecular weight excluding hydrogens is 401 g/mol. The van der Waals surface area contributed by atoms with E-state index in [9.17, 15) is 22.8 Å². The highest BCUT2D eigenvalue weighted by Crippen LogP contribution is 2.30. The Balaban J connectivity index is 1.55. The van der Waals surface area contributed by atoms with Gasteiger partial charge in [-0.25, -0.2) is 18.0 Å². The molecule has 30 heavy (non-hydrogen) atoms. The number of halogens is 3. The average molecular weight is 422 g/mol. The lowest BCUT2D eigenvalue weighted by Crippen LogP contribution is -2.47. The van der Waals surface area contributed by atoms with E-state index in [4.69, 9.17) is 0 Å². The lowest BCUT2D eigenvalue weighted by atomic mass is 10.2. The van der Waals surface area contributed by atoms with E-state index in [1.165, 1.54) is 4.90 Å². The van der Waals surface area contributed by atoms with Crippen LogP contribution in [0, 0.1) is 17.5 Å². The molecule has 2 aromatic rings. The molecule has 8 nitrogen and oxygen atoms in total. The summed E-state index contributed by atoms with van der Waals surface area (Å²) in [5.74, 6) is -4.40. The molecule has 2 atom stereocenters. The van der Waals surface area contributed by atoms with E-state index in [-0.39, 0.29) is 30.2 Å². The van der Waals surface area contributed by atoms with Gasteiger partial charge in [-0.15, -0.1) is 0 Å². The maximum Gasteiger partial charge on any atom is 0.322 e. The Morgan fingerprint density at radius 3 is 2.53 bits per heavy atom. The fraction of sp³-hybridized carbons (Fsp3) is 0.421. The molecule has 0 spiro atoms. The molecular formula is C19H21F3N6O2. The number of aromatic nitrogens is 2. The predicted octanol–water partition coefficient (Wildman–Crippen LogP) is 2.06. The van der Waals surface area contributed by atoms with Gasteiger partial charge in [0.2, 0.25) is 5.91 Å². The second-order valence-electron chi connectivity index (χ2n) is 7.51. The Labute approximate surface area is 170 Å². The number of hydrogen-bond donors (Lipinski definition) is 2. The summed E-state index contributed by atoms with van der Waals surface area (Å²) in [6, 6.07) is 0.633. The Morgan fingerprint density at radius 1 is 1.20 bits per heavy atom. The number of hydrogen-bond acceptors (Lipinski definition) is 4. The molecule has 1 fully saturated rings. The minimum Gasteiger partial charge on any atom is -0.315 e. The molecule has 3 amide bonds. The summed E-state index contributed by atoms with van der Waals surface area (Å²) in [6.45, 7) is 2.87. The fourth-order valence-electron chi connectivity index (χ4n) is 3.84. The lowest BCUT2D eigenvalue weighted by molar-refractivity contribution is -0.117. The van der Waals surface area contributed by atoms with Crippen LogP contribution >= 0.6 is 0 Å². The minimum absolute atomic E-state index is 0.0305. The van der Waals surface area contributed by atoms with Gasteiger partial charge in [0.15, 0.2) is 17.5 Å². The number of likely N-dealkylation sites (N-methyl/N-ethyl adjacent to an activating group) is 1. The highest BCUT2D eigenvalue weighted by Gasteiger charge is 2.36. The molecule has 1 aromatic heterocycles. The molecule has 3 heterocycles. The first kappa shape index (κ1) is 20.2. The highest BCUT2D eigenvalue weighted by atomic mass is 19.2. The number of fused-ring (bicyclic) bond motifs is 1. The second-order valence-corrected chi connectivity index (χ2v) is 7.51. The van der Waals surface area contributed by atoms with Crippen LogP contribution in [0.5, 0.6) is 0 Å². The molecule has 0 radical (unpaired) electrons. The molecule has 2 N–H and O–H groups in total. The smallest absolute Gasteiger partial charge is 0.315 e. The van der Waals surface area contributed by atoms with Gasteiger partial charge in [-0.05, 0) is 14.0 Å². The predicted molar refractivity (Wildman–Crippen MR) is 102 cm³/mol. The van der Waals surface area contributed by atoms with Crippen molar-refractivity contribution in [3.05, 3.63) is 41.5 Å². The first-order valence-corrected chi connectivity index (χ1v) is 9.53. The molecule has 1 unspecified atom stereocenters. The van der Waals surface area contributed by atoms with E-state index in [1.807, 2.05) is 6.92 Å². The van der Waals surface area contributed by atoms with E-state index in [1.54, 1.807) is 22.8 Å². The number of carbonyl (C=O) groups is 2. The maximum absolute atomic E-state index is 13.5. The van der Waals surface area contributed by atoms with Gasteiger partial charge >= 0.3 is 6.03 Å². The van der Waals surface area contributed by atoms with Crippen molar-refractivity contribution in [3.63, 3.8) is 0 Å². The van der Waals surface area contributed by atoms with Crippen molar-refractivity contribution in [1.29, 1.82) is 0 Å². The molecule has 4 rings (SSSR count). The van der Waals surface area contributed by atoms with Gasteiger partial charge < -0.3 is 20.4 Å². The topological polar surface area (TPSA) is 82.5 Å². The lowest BCUT2D eigenvalue weighted by Gasteiger charge is -2.35. The minimum atomic E-state index is -1.59. The summed E-state index contributed by atoms with van der Waals surface area (Å²) < 4.78 is 41.8. The Morgan fingerprint density at radius 2 is 1.90 bits per heavy atom. The fourth-order valence-corrected chi connectivity index (χ4v) is 3.84. The molecule has 0 saturated carbocycles. The summed E-state index contributed by atoms with van der Waals surface area (Å²) in [5, 5.41) is 9.85. The number of nitrogens with one attached hydrogen (secondary N) is 2. The van der Waals surface area contributed by atoms with Crippen molar-refractivity contribution >= 4 is 23.3 Å². The van der Waals surface area contributed by atoms with Gasteiger partial charge in [-0.3, -0.25) is 9.48 Å². The van der Waals surface area contributed by atoms with Crippen LogP contribution in [0.2, 0.25) is 0 Å². The van der Waals surface area contributed by atoms with Gasteiger partial charge in [-0.2, -0.15) is 5.10 Å². The summed E-state index contributed by atoms with van der Waals surface area (Å²) in [5.41, 5.74) is 1.15. The zero-order valence-electron chi connectivity index (χ0n) is 16.5. The quantitative estimate of drug-likeness (QED) is 0.742. The third-order valence-corrected chi connectivity index (χ3v) is 5.54. The van der Waals surface area contributed by atoms with E-state index >= 15 is 0 Å². The second kappa shape index (κ2) is 7.63. The van der Waals surface area contributed by atoms with Crippen LogP contribution in [0.3, 0.4) is 0 Å². The summed E-state index contributed by atoms with van der Waals surface area (Å²) >= 11 is 0. The van der Waals surface area contributed by atoms with Crippen molar-refractivity contribution in [2.45, 2.75) is 38.5 Å². The number of nitrogens with zero attached hydrogens (tertiary/aromatic N) is 4. The number of urea groups is 1. The van der Waals surface area contributed by atoms with Crippen molar-refractivity contribution in [2.24, 2.45) is 0 Å². The molecule has 2 aliphatic heterocycles. The van der Waals surface area contributed by atoms with Crippen molar-refractivity contribution in [3.8, 4) is 0 Å². The summed E-state index contributed by atoms with van der Waals surface area (Å²) in [7, 11) is 1.80. The van der Waals surface area contributed by atoms with Crippen LogP contribution in [0.15, 0.2) is 18.3 Å². The Bertz CT molecular complexity index is 987. The molecule has 160 valence electrons. The van der Waals surface area contributed by atoms with Gasteiger partial charge in [0.1, 0.15) is 0 Å². The van der Waals surface area contributed by atoms with Crippen LogP contribution in [0.25, 0.3) is 0 Å². The zero-order chi connectivity index (χ0) is 21.6. The molecule has 0 bridgehead atoms. The average Bonchev–Trinajstić information content (AvgIpc) is 3.27. The molecule has 0 aliphatic carbocycles. The maximum atomic E-state index is 13.5. The standard InChI is InChI=1S/C19H21F3N6O2/c1-10-7-28-16(15(6-24-28)27-8-12(23-2)5-17(27)29)9-26(10)19(30)25-11-3-13(20)18(22)14(21)4-11/h3-4,6,10,12,23H,5,7-9H2,1-2H3,(H,25,30)/t10-,12?/m0/s1. The first-order chi connectivity index (χ1) is 14.3. The third kappa shape index (κ3) is 3.49. The van der Waals surface area contributed by atoms with Gasteiger partial charge in [0.25, 0.3) is 0 Å². The molecule has 2 aliphatic rings. The molecule has 1 aromatic carbocycles. The Kier molecular flexibility index (Phi) is 5.14. The molecule has 11 heteroatoms. The third-order valence-electron chi connectivity index (χ3n) is 5.54. The van der Waals surface area contributed by atoms with E-state index in [2.05, 4.69) is 15.7 Å². The SMILES string of the molecule is CNC1CC(=O)N(c2cnn3c2CN(C(=O)Nc2cc(F)c(F)c(F)c2)[C@@H](C)C3)C1. The van der Waals surface area contributed by atoms with Crippen LogP contribution in [-0.2, 0) is 17.9 Å². The van der Waals surface area contributed by atoms with E-state index in [0.717, 1.165) is 12.1 Å². The van der Waals surface area contributed by atoms with Crippen LogP contribution in [-0.4, -0.2) is 52.3 Å².